The van der Waals surface area contributed by atoms with Crippen LogP contribution in [0.2, 0.25) is 0 Å². The van der Waals surface area contributed by atoms with Crippen molar-refractivity contribution in [1.82, 2.24) is 14.5 Å². The minimum atomic E-state index is -0.179. The Kier molecular flexibility index (Phi) is 3.77. The van der Waals surface area contributed by atoms with Gasteiger partial charge in [-0.25, -0.2) is 4.98 Å². The predicted molar refractivity (Wildman–Crippen MR) is 78.3 cm³/mol. The van der Waals surface area contributed by atoms with Gasteiger partial charge in [0, 0.05) is 13.1 Å². The predicted octanol–water partition coefficient (Wildman–Crippen LogP) is 2.17. The second-order valence-electron chi connectivity index (χ2n) is 5.03. The van der Waals surface area contributed by atoms with Crippen molar-refractivity contribution in [3.05, 3.63) is 24.3 Å². The SMILES string of the molecule is CSc1nc2ccccc2n1CN1CCC[C@H](O)C1. The Hall–Kier alpha value is -1.04. The molecule has 0 amide bonds. The lowest BCUT2D eigenvalue weighted by Gasteiger charge is -2.30. The summed E-state index contributed by atoms with van der Waals surface area (Å²) in [6.07, 6.45) is 3.88. The van der Waals surface area contributed by atoms with Gasteiger partial charge in [0.05, 0.1) is 23.8 Å². The second-order valence-corrected chi connectivity index (χ2v) is 5.80. The van der Waals surface area contributed by atoms with Crippen molar-refractivity contribution < 1.29 is 5.11 Å². The van der Waals surface area contributed by atoms with Crippen molar-refractivity contribution in [2.24, 2.45) is 0 Å². The van der Waals surface area contributed by atoms with E-state index in [-0.39, 0.29) is 6.10 Å². The van der Waals surface area contributed by atoms with E-state index in [2.05, 4.69) is 38.9 Å². The summed E-state index contributed by atoms with van der Waals surface area (Å²) in [5.74, 6) is 0. The van der Waals surface area contributed by atoms with Crippen molar-refractivity contribution in [2.45, 2.75) is 30.8 Å². The lowest BCUT2D eigenvalue weighted by Crippen LogP contribution is -2.39. The maximum absolute atomic E-state index is 9.78. The number of β-amino-alcohol motifs (C(OH)–C–C–N with tert-alkyl or cyclic N) is 1. The topological polar surface area (TPSA) is 41.3 Å². The van der Waals surface area contributed by atoms with E-state index in [9.17, 15) is 5.11 Å². The lowest BCUT2D eigenvalue weighted by molar-refractivity contribution is 0.0535. The molecule has 1 aromatic carbocycles. The third-order valence-corrected chi connectivity index (χ3v) is 4.30. The molecule has 1 aromatic heterocycles. The summed E-state index contributed by atoms with van der Waals surface area (Å²) >= 11 is 1.67. The molecule has 3 rings (SSSR count). The fraction of sp³-hybridized carbons (Fsp3) is 0.500. The average molecular weight is 277 g/mol. The van der Waals surface area contributed by atoms with Crippen LogP contribution in [0.4, 0.5) is 0 Å². The molecule has 2 aromatic rings. The lowest BCUT2D eigenvalue weighted by atomic mass is 10.1. The van der Waals surface area contributed by atoms with E-state index in [1.54, 1.807) is 11.8 Å². The number of benzene rings is 1. The van der Waals surface area contributed by atoms with Gasteiger partial charge in [-0.3, -0.25) is 4.90 Å². The number of nitrogens with zero attached hydrogens (tertiary/aromatic N) is 3. The molecule has 4 nitrogen and oxygen atoms in total. The summed E-state index contributed by atoms with van der Waals surface area (Å²) in [5, 5.41) is 10.8. The highest BCUT2D eigenvalue weighted by Crippen LogP contribution is 2.23. The number of fused-ring (bicyclic) bond motifs is 1. The Morgan fingerprint density at radius 2 is 2.26 bits per heavy atom. The van der Waals surface area contributed by atoms with E-state index in [0.717, 1.165) is 43.3 Å². The third-order valence-electron chi connectivity index (χ3n) is 3.62. The van der Waals surface area contributed by atoms with Crippen molar-refractivity contribution in [2.75, 3.05) is 19.3 Å². The molecule has 0 spiro atoms. The van der Waals surface area contributed by atoms with Crippen LogP contribution in [0, 0.1) is 0 Å². The standard InChI is InChI=1S/C14H19N3OS/c1-19-14-15-12-6-2-3-7-13(12)17(14)10-16-8-4-5-11(18)9-16/h2-3,6-7,11,18H,4-5,8-10H2,1H3/t11-/m0/s1. The first-order chi connectivity index (χ1) is 9.28. The fourth-order valence-corrected chi connectivity index (χ4v) is 3.27. The van der Waals surface area contributed by atoms with Gasteiger partial charge in [-0.05, 0) is 31.2 Å². The zero-order valence-electron chi connectivity index (χ0n) is 11.1. The second kappa shape index (κ2) is 5.53. The Labute approximate surface area is 117 Å². The molecule has 1 aliphatic rings. The molecule has 102 valence electrons. The molecule has 0 aliphatic carbocycles. The van der Waals surface area contributed by atoms with Gasteiger partial charge in [0.1, 0.15) is 0 Å². The van der Waals surface area contributed by atoms with Gasteiger partial charge in [-0.15, -0.1) is 0 Å². The maximum Gasteiger partial charge on any atom is 0.169 e. The average Bonchev–Trinajstić information content (AvgIpc) is 2.77. The molecule has 1 atom stereocenters. The molecule has 1 N–H and O–H groups in total. The molecule has 0 saturated carbocycles. The Morgan fingerprint density at radius 3 is 3.05 bits per heavy atom. The van der Waals surface area contributed by atoms with Gasteiger partial charge in [0.15, 0.2) is 5.16 Å². The number of aliphatic hydroxyl groups is 1. The molecule has 0 bridgehead atoms. The number of para-hydroxylation sites is 2. The first-order valence-electron chi connectivity index (χ1n) is 6.67. The van der Waals surface area contributed by atoms with Gasteiger partial charge in [-0.2, -0.15) is 0 Å². The summed E-state index contributed by atoms with van der Waals surface area (Å²) in [6, 6.07) is 8.24. The summed E-state index contributed by atoms with van der Waals surface area (Å²) in [5.41, 5.74) is 2.22. The Balaban J connectivity index is 1.90. The van der Waals surface area contributed by atoms with E-state index in [1.165, 1.54) is 5.52 Å². The van der Waals surface area contributed by atoms with Crippen LogP contribution in [-0.2, 0) is 6.67 Å². The summed E-state index contributed by atoms with van der Waals surface area (Å²) in [6.45, 7) is 2.63. The number of piperidine rings is 1. The highest BCUT2D eigenvalue weighted by Gasteiger charge is 2.19. The van der Waals surface area contributed by atoms with Crippen LogP contribution in [-0.4, -0.2) is 45.0 Å². The zero-order valence-corrected chi connectivity index (χ0v) is 11.9. The van der Waals surface area contributed by atoms with E-state index >= 15 is 0 Å². The molecule has 1 saturated heterocycles. The van der Waals surface area contributed by atoms with Gasteiger partial charge >= 0.3 is 0 Å². The summed E-state index contributed by atoms with van der Waals surface area (Å²) < 4.78 is 2.25. The van der Waals surface area contributed by atoms with Crippen molar-refractivity contribution in [1.29, 1.82) is 0 Å². The normalized spacial score (nSPS) is 21.1. The Bertz CT molecular complexity index is 569. The minimum absolute atomic E-state index is 0.179. The van der Waals surface area contributed by atoms with Crippen LogP contribution < -0.4 is 0 Å². The first kappa shape index (κ1) is 13.0. The molecular weight excluding hydrogens is 258 g/mol. The van der Waals surface area contributed by atoms with Gasteiger partial charge in [0.25, 0.3) is 0 Å². The first-order valence-corrected chi connectivity index (χ1v) is 7.90. The van der Waals surface area contributed by atoms with E-state index in [4.69, 9.17) is 0 Å². The molecule has 5 heteroatoms. The van der Waals surface area contributed by atoms with Gasteiger partial charge < -0.3 is 9.67 Å². The molecule has 0 radical (unpaired) electrons. The number of hydrogen-bond donors (Lipinski definition) is 1. The number of hydrogen-bond acceptors (Lipinski definition) is 4. The molecule has 19 heavy (non-hydrogen) atoms. The van der Waals surface area contributed by atoms with Crippen LogP contribution >= 0.6 is 11.8 Å². The molecular formula is C14H19N3OS. The van der Waals surface area contributed by atoms with E-state index in [1.807, 2.05) is 6.07 Å². The van der Waals surface area contributed by atoms with Gasteiger partial charge in [-0.1, -0.05) is 23.9 Å². The smallest absolute Gasteiger partial charge is 0.169 e. The van der Waals surface area contributed by atoms with Crippen LogP contribution in [0.3, 0.4) is 0 Å². The molecule has 0 unspecified atom stereocenters. The van der Waals surface area contributed by atoms with Crippen LogP contribution in [0.25, 0.3) is 11.0 Å². The van der Waals surface area contributed by atoms with E-state index < -0.39 is 0 Å². The van der Waals surface area contributed by atoms with Crippen LogP contribution in [0.1, 0.15) is 12.8 Å². The van der Waals surface area contributed by atoms with Crippen molar-refractivity contribution in [3.8, 4) is 0 Å². The number of thioether (sulfide) groups is 1. The maximum atomic E-state index is 9.78. The molecule has 1 aliphatic heterocycles. The highest BCUT2D eigenvalue weighted by atomic mass is 32.2. The summed E-state index contributed by atoms with van der Waals surface area (Å²) in [4.78, 5) is 6.96. The molecule has 1 fully saturated rings. The number of imidazole rings is 1. The fourth-order valence-electron chi connectivity index (χ4n) is 2.71. The monoisotopic (exact) mass is 277 g/mol. The number of rotatable bonds is 3. The highest BCUT2D eigenvalue weighted by molar-refractivity contribution is 7.98. The summed E-state index contributed by atoms with van der Waals surface area (Å²) in [7, 11) is 0. The van der Waals surface area contributed by atoms with E-state index in [0.29, 0.717) is 0 Å². The van der Waals surface area contributed by atoms with Crippen LogP contribution in [0.15, 0.2) is 29.4 Å². The van der Waals surface area contributed by atoms with Crippen LogP contribution in [0.5, 0.6) is 0 Å². The Morgan fingerprint density at radius 1 is 1.42 bits per heavy atom. The van der Waals surface area contributed by atoms with Gasteiger partial charge in [0.2, 0.25) is 0 Å². The minimum Gasteiger partial charge on any atom is -0.392 e. The number of aliphatic hydroxyl groups excluding tert-OH is 1. The van der Waals surface area contributed by atoms with Crippen molar-refractivity contribution in [3.63, 3.8) is 0 Å². The number of likely N-dealkylation sites (tertiary alicyclic amines) is 1. The van der Waals surface area contributed by atoms with Crippen molar-refractivity contribution >= 4 is 22.8 Å². The zero-order chi connectivity index (χ0) is 13.2. The quantitative estimate of drug-likeness (QED) is 0.873. The number of aromatic nitrogens is 2. The molecule has 2 heterocycles. The largest absolute Gasteiger partial charge is 0.392 e. The third kappa shape index (κ3) is 2.63.